The average Bonchev–Trinajstić information content (AvgIpc) is 2.96. The molecular formula is C31H30ClN3O7S2. The van der Waals surface area contributed by atoms with Crippen LogP contribution in [0.15, 0.2) is 108 Å². The number of aliphatic carboxylic acids is 1. The molecule has 4 aromatic rings. The predicted molar refractivity (Wildman–Crippen MR) is 171 cm³/mol. The van der Waals surface area contributed by atoms with Crippen molar-refractivity contribution in [3.8, 4) is 0 Å². The minimum absolute atomic E-state index is 0.0764. The molecule has 0 aliphatic carbocycles. The number of carboxylic acids is 1. The number of benzene rings is 4. The van der Waals surface area contributed by atoms with Crippen molar-refractivity contribution in [3.05, 3.63) is 119 Å². The van der Waals surface area contributed by atoms with Crippen LogP contribution in [0.1, 0.15) is 29.8 Å². The van der Waals surface area contributed by atoms with Crippen molar-refractivity contribution in [2.45, 2.75) is 30.5 Å². The first-order chi connectivity index (χ1) is 20.8. The maximum atomic E-state index is 13.9. The number of carbonyl (C=O) groups is 2. The van der Waals surface area contributed by atoms with Crippen LogP contribution in [0.4, 0.5) is 17.1 Å². The molecule has 0 heterocycles. The van der Waals surface area contributed by atoms with Crippen LogP contribution in [0.25, 0.3) is 0 Å². The van der Waals surface area contributed by atoms with Gasteiger partial charge < -0.3 is 10.4 Å². The van der Waals surface area contributed by atoms with Gasteiger partial charge in [0.25, 0.3) is 15.9 Å². The maximum absolute atomic E-state index is 13.9. The predicted octanol–water partition coefficient (Wildman–Crippen LogP) is 5.84. The van der Waals surface area contributed by atoms with E-state index in [0.29, 0.717) is 5.56 Å². The largest absolute Gasteiger partial charge is 0.480 e. The fourth-order valence-electron chi connectivity index (χ4n) is 4.47. The van der Waals surface area contributed by atoms with Crippen LogP contribution in [0, 0.1) is 5.92 Å². The Morgan fingerprint density at radius 3 is 2.09 bits per heavy atom. The maximum Gasteiger partial charge on any atom is 0.327 e. The molecular weight excluding hydrogens is 626 g/mol. The Kier molecular flexibility index (Phi) is 9.98. The third kappa shape index (κ3) is 7.95. The Morgan fingerprint density at radius 1 is 0.818 bits per heavy atom. The molecule has 0 radical (unpaired) electrons. The highest BCUT2D eigenvalue weighted by atomic mass is 35.5. The number of nitrogens with one attached hydrogen (secondary N) is 2. The van der Waals surface area contributed by atoms with E-state index in [2.05, 4.69) is 10.0 Å². The van der Waals surface area contributed by atoms with Crippen LogP contribution < -0.4 is 14.3 Å². The van der Waals surface area contributed by atoms with Crippen molar-refractivity contribution in [2.75, 3.05) is 14.3 Å². The average molecular weight is 656 g/mol. The number of anilines is 3. The summed E-state index contributed by atoms with van der Waals surface area (Å²) in [7, 11) is -8.14. The lowest BCUT2D eigenvalue weighted by Crippen LogP contribution is -2.48. The molecule has 0 aliphatic rings. The van der Waals surface area contributed by atoms with E-state index in [1.807, 2.05) is 0 Å². The summed E-state index contributed by atoms with van der Waals surface area (Å²) < 4.78 is 56.2. The lowest BCUT2D eigenvalue weighted by Gasteiger charge is -2.32. The molecule has 4 aromatic carbocycles. The highest BCUT2D eigenvalue weighted by molar-refractivity contribution is 7.93. The van der Waals surface area contributed by atoms with E-state index in [-0.39, 0.29) is 38.3 Å². The second-order valence-electron chi connectivity index (χ2n) is 10.2. The summed E-state index contributed by atoms with van der Waals surface area (Å²) in [4.78, 5) is 25.0. The Balaban J connectivity index is 1.55. The summed E-state index contributed by atoms with van der Waals surface area (Å²) in [5, 5.41) is 12.8. The fourth-order valence-corrected chi connectivity index (χ4v) is 7.63. The Hall–Kier alpha value is -4.39. The van der Waals surface area contributed by atoms with Gasteiger partial charge in [-0.2, -0.15) is 0 Å². The summed E-state index contributed by atoms with van der Waals surface area (Å²) in [6.45, 7) is 3.20. The standard InChI is InChI=1S/C31H30ClN3O7S2/c1-21(2)29(31(37)38)35(27-12-6-10-24(32)18-27)44(41,42)28-13-7-11-26(19-28)33-30(36)23-14-16-25(17-15-23)34-43(39,40)20-22-8-4-3-5-9-22/h3-19,21,29,34H,20H2,1-2H3,(H,33,36)(H,37,38). The van der Waals surface area contributed by atoms with Crippen molar-refractivity contribution < 1.29 is 31.5 Å². The number of hydrogen-bond acceptors (Lipinski definition) is 6. The first kappa shape index (κ1) is 32.5. The lowest BCUT2D eigenvalue weighted by molar-refractivity contribution is -0.139. The number of sulfonamides is 2. The van der Waals surface area contributed by atoms with Gasteiger partial charge in [-0.1, -0.05) is 67.9 Å². The second kappa shape index (κ2) is 13.5. The summed E-state index contributed by atoms with van der Waals surface area (Å²) in [5.41, 5.74) is 1.30. The van der Waals surface area contributed by atoms with E-state index in [9.17, 15) is 31.5 Å². The number of amides is 1. The minimum Gasteiger partial charge on any atom is -0.480 e. The van der Waals surface area contributed by atoms with Gasteiger partial charge in [0, 0.05) is 22.0 Å². The number of halogens is 1. The monoisotopic (exact) mass is 655 g/mol. The number of carbonyl (C=O) groups excluding carboxylic acids is 1. The summed E-state index contributed by atoms with van der Waals surface area (Å²) in [6.07, 6.45) is 0. The molecule has 0 saturated carbocycles. The molecule has 44 heavy (non-hydrogen) atoms. The number of rotatable bonds is 12. The van der Waals surface area contributed by atoms with Crippen LogP contribution in [0.2, 0.25) is 5.02 Å². The van der Waals surface area contributed by atoms with Crippen LogP contribution in [0.3, 0.4) is 0 Å². The molecule has 0 spiro atoms. The van der Waals surface area contributed by atoms with Gasteiger partial charge in [-0.25, -0.2) is 21.6 Å². The van der Waals surface area contributed by atoms with E-state index < -0.39 is 43.9 Å². The molecule has 13 heteroatoms. The molecule has 1 amide bonds. The quantitative estimate of drug-likeness (QED) is 0.174. The van der Waals surface area contributed by atoms with E-state index >= 15 is 0 Å². The third-order valence-corrected chi connectivity index (χ3v) is 9.77. The first-order valence-electron chi connectivity index (χ1n) is 13.4. The van der Waals surface area contributed by atoms with Crippen LogP contribution >= 0.6 is 11.6 Å². The Bertz CT molecular complexity index is 1870. The van der Waals surface area contributed by atoms with Gasteiger partial charge in [0.05, 0.1) is 16.3 Å². The molecule has 0 saturated heterocycles. The lowest BCUT2D eigenvalue weighted by atomic mass is 10.0. The normalized spacial score (nSPS) is 12.4. The van der Waals surface area contributed by atoms with Crippen molar-refractivity contribution in [3.63, 3.8) is 0 Å². The highest BCUT2D eigenvalue weighted by Gasteiger charge is 2.38. The van der Waals surface area contributed by atoms with Crippen molar-refractivity contribution in [1.82, 2.24) is 0 Å². The molecule has 0 bridgehead atoms. The second-order valence-corrected chi connectivity index (χ2v) is 14.2. The van der Waals surface area contributed by atoms with Crippen LogP contribution in [-0.2, 0) is 30.6 Å². The van der Waals surface area contributed by atoms with Gasteiger partial charge in [-0.05, 0) is 72.1 Å². The summed E-state index contributed by atoms with van der Waals surface area (Å²) >= 11 is 6.11. The molecule has 3 N–H and O–H groups in total. The molecule has 1 unspecified atom stereocenters. The smallest absolute Gasteiger partial charge is 0.327 e. The third-order valence-electron chi connectivity index (χ3n) is 6.47. The van der Waals surface area contributed by atoms with E-state index in [1.165, 1.54) is 66.7 Å². The van der Waals surface area contributed by atoms with E-state index in [1.54, 1.807) is 50.2 Å². The van der Waals surface area contributed by atoms with Gasteiger partial charge in [0.2, 0.25) is 10.0 Å². The Labute approximate surface area is 261 Å². The van der Waals surface area contributed by atoms with Crippen molar-refractivity contribution >= 4 is 60.6 Å². The Morgan fingerprint density at radius 2 is 1.48 bits per heavy atom. The molecule has 0 aliphatic heterocycles. The van der Waals surface area contributed by atoms with Gasteiger partial charge in [-0.3, -0.25) is 13.8 Å². The molecule has 230 valence electrons. The molecule has 0 aromatic heterocycles. The summed E-state index contributed by atoms with van der Waals surface area (Å²) in [5.74, 6) is -2.72. The SMILES string of the molecule is CC(C)C(C(=O)O)N(c1cccc(Cl)c1)S(=O)(=O)c1cccc(NC(=O)c2ccc(NS(=O)(=O)Cc3ccccc3)cc2)c1. The van der Waals surface area contributed by atoms with E-state index in [4.69, 9.17) is 11.6 Å². The van der Waals surface area contributed by atoms with Gasteiger partial charge >= 0.3 is 5.97 Å². The molecule has 4 rings (SSSR count). The molecule has 0 fully saturated rings. The highest BCUT2D eigenvalue weighted by Crippen LogP contribution is 2.32. The number of hydrogen-bond donors (Lipinski definition) is 3. The number of nitrogens with zero attached hydrogens (tertiary/aromatic N) is 1. The zero-order valence-electron chi connectivity index (χ0n) is 23.7. The van der Waals surface area contributed by atoms with Crippen LogP contribution in [0.5, 0.6) is 0 Å². The zero-order chi connectivity index (χ0) is 32.1. The van der Waals surface area contributed by atoms with Gasteiger partial charge in [-0.15, -0.1) is 0 Å². The van der Waals surface area contributed by atoms with Crippen molar-refractivity contribution in [1.29, 1.82) is 0 Å². The first-order valence-corrected chi connectivity index (χ1v) is 16.8. The molecule has 1 atom stereocenters. The number of carboxylic acid groups (broad SMARTS) is 1. The molecule has 10 nitrogen and oxygen atoms in total. The fraction of sp³-hybridized carbons (Fsp3) is 0.161. The van der Waals surface area contributed by atoms with Crippen LogP contribution in [-0.4, -0.2) is 39.9 Å². The van der Waals surface area contributed by atoms with Gasteiger partial charge in [0.15, 0.2) is 0 Å². The topological polar surface area (TPSA) is 150 Å². The van der Waals surface area contributed by atoms with E-state index in [0.717, 1.165) is 4.31 Å². The van der Waals surface area contributed by atoms with Crippen molar-refractivity contribution in [2.24, 2.45) is 5.92 Å². The van der Waals surface area contributed by atoms with Gasteiger partial charge in [0.1, 0.15) is 6.04 Å². The zero-order valence-corrected chi connectivity index (χ0v) is 26.1. The minimum atomic E-state index is -4.45. The summed E-state index contributed by atoms with van der Waals surface area (Å²) in [6, 6.07) is 24.3.